The second kappa shape index (κ2) is 6.23. The first-order valence-corrected chi connectivity index (χ1v) is 7.01. The number of nitrogens with zero attached hydrogens (tertiary/aromatic N) is 1. The van der Waals surface area contributed by atoms with Gasteiger partial charge in [-0.2, -0.15) is 13.2 Å². The van der Waals surface area contributed by atoms with Gasteiger partial charge in [0.15, 0.2) is 0 Å². The number of rotatable bonds is 4. The molecule has 6 heteroatoms. The van der Waals surface area contributed by atoms with E-state index >= 15 is 0 Å². The first-order valence-electron chi connectivity index (χ1n) is 7.01. The first kappa shape index (κ1) is 16.1. The molecule has 0 radical (unpaired) electrons. The minimum atomic E-state index is -4.32. The van der Waals surface area contributed by atoms with Gasteiger partial charge in [0, 0.05) is 19.6 Å². The van der Waals surface area contributed by atoms with Gasteiger partial charge in [-0.05, 0) is 44.0 Å². The van der Waals surface area contributed by atoms with Crippen molar-refractivity contribution in [3.8, 4) is 5.75 Å². The van der Waals surface area contributed by atoms with Crippen LogP contribution in [0.5, 0.6) is 5.75 Å². The van der Waals surface area contributed by atoms with Crippen LogP contribution in [-0.4, -0.2) is 41.8 Å². The minimum absolute atomic E-state index is 0.424. The molecule has 0 unspecified atom stereocenters. The molecule has 1 heterocycles. The molecular weight excluding hydrogens is 283 g/mol. The summed E-state index contributed by atoms with van der Waals surface area (Å²) in [5.41, 5.74) is -1.25. The van der Waals surface area contributed by atoms with E-state index in [1.54, 1.807) is 0 Å². The molecule has 0 spiro atoms. The molecule has 1 aliphatic heterocycles. The zero-order valence-corrected chi connectivity index (χ0v) is 12.0. The zero-order valence-electron chi connectivity index (χ0n) is 12.0. The van der Waals surface area contributed by atoms with Crippen molar-refractivity contribution in [3.05, 3.63) is 29.8 Å². The molecule has 118 valence electrons. The van der Waals surface area contributed by atoms with Crippen LogP contribution >= 0.6 is 0 Å². The van der Waals surface area contributed by atoms with E-state index in [2.05, 4.69) is 4.90 Å². The lowest BCUT2D eigenvalue weighted by Gasteiger charge is -2.35. The summed E-state index contributed by atoms with van der Waals surface area (Å²) < 4.78 is 42.7. The van der Waals surface area contributed by atoms with Crippen molar-refractivity contribution in [1.82, 2.24) is 4.90 Å². The molecule has 0 saturated carbocycles. The molecule has 1 aromatic carbocycles. The largest absolute Gasteiger partial charge is 0.492 e. The van der Waals surface area contributed by atoms with Gasteiger partial charge in [0.2, 0.25) is 0 Å². The Kier molecular flexibility index (Phi) is 4.78. The lowest BCUT2D eigenvalue weighted by atomic mass is 9.94. The first-order chi connectivity index (χ1) is 9.76. The van der Waals surface area contributed by atoms with Crippen molar-refractivity contribution in [2.75, 3.05) is 26.2 Å². The Labute approximate surface area is 122 Å². The van der Waals surface area contributed by atoms with Gasteiger partial charge >= 0.3 is 6.18 Å². The van der Waals surface area contributed by atoms with E-state index in [9.17, 15) is 18.3 Å². The topological polar surface area (TPSA) is 32.7 Å². The molecule has 0 amide bonds. The summed E-state index contributed by atoms with van der Waals surface area (Å²) in [6.07, 6.45) is -2.86. The van der Waals surface area contributed by atoms with Crippen LogP contribution in [0.1, 0.15) is 25.3 Å². The van der Waals surface area contributed by atoms with E-state index < -0.39 is 17.3 Å². The molecular formula is C15H20F3NO2. The third-order valence-corrected chi connectivity index (χ3v) is 3.79. The molecule has 2 rings (SSSR count). The van der Waals surface area contributed by atoms with Gasteiger partial charge in [0.25, 0.3) is 0 Å². The van der Waals surface area contributed by atoms with E-state index in [-0.39, 0.29) is 0 Å². The number of hydrogen-bond donors (Lipinski definition) is 1. The fraction of sp³-hybridized carbons (Fsp3) is 0.600. The highest BCUT2D eigenvalue weighted by Crippen LogP contribution is 2.30. The van der Waals surface area contributed by atoms with Crippen LogP contribution in [0, 0.1) is 0 Å². The normalized spacial score (nSPS) is 19.5. The minimum Gasteiger partial charge on any atom is -0.492 e. The zero-order chi connectivity index (χ0) is 15.5. The van der Waals surface area contributed by atoms with E-state index in [0.29, 0.717) is 18.9 Å². The van der Waals surface area contributed by atoms with Crippen LogP contribution in [0.15, 0.2) is 24.3 Å². The second-order valence-electron chi connectivity index (χ2n) is 5.71. The maximum Gasteiger partial charge on any atom is 0.416 e. The van der Waals surface area contributed by atoms with E-state index in [1.807, 2.05) is 6.92 Å². The van der Waals surface area contributed by atoms with Crippen LogP contribution in [-0.2, 0) is 6.18 Å². The molecule has 0 bridgehead atoms. The summed E-state index contributed by atoms with van der Waals surface area (Å²) in [7, 11) is 0. The molecule has 1 saturated heterocycles. The Hall–Kier alpha value is -1.27. The molecule has 0 aliphatic carbocycles. The number of aliphatic hydroxyl groups is 1. The number of halogens is 3. The molecule has 21 heavy (non-hydrogen) atoms. The lowest BCUT2D eigenvalue weighted by molar-refractivity contribution is -0.137. The number of benzene rings is 1. The summed E-state index contributed by atoms with van der Waals surface area (Å²) in [4.78, 5) is 2.18. The highest BCUT2D eigenvalue weighted by atomic mass is 19.4. The van der Waals surface area contributed by atoms with Gasteiger partial charge in [-0.15, -0.1) is 0 Å². The quantitative estimate of drug-likeness (QED) is 0.928. The molecule has 3 nitrogen and oxygen atoms in total. The van der Waals surface area contributed by atoms with E-state index in [1.165, 1.54) is 12.1 Å². The van der Waals surface area contributed by atoms with Crippen molar-refractivity contribution in [3.63, 3.8) is 0 Å². The Balaban J connectivity index is 1.74. The fourth-order valence-corrected chi connectivity index (χ4v) is 2.29. The van der Waals surface area contributed by atoms with E-state index in [0.717, 1.165) is 38.1 Å². The van der Waals surface area contributed by atoms with Gasteiger partial charge in [0.05, 0.1) is 11.2 Å². The van der Waals surface area contributed by atoms with Crippen LogP contribution in [0.2, 0.25) is 0 Å². The predicted molar refractivity (Wildman–Crippen MR) is 73.2 cm³/mol. The number of alkyl halides is 3. The molecule has 0 atom stereocenters. The average Bonchev–Trinajstić information content (AvgIpc) is 2.40. The van der Waals surface area contributed by atoms with Gasteiger partial charge in [-0.25, -0.2) is 0 Å². The maximum absolute atomic E-state index is 12.4. The van der Waals surface area contributed by atoms with Crippen LogP contribution in [0.25, 0.3) is 0 Å². The molecule has 1 fully saturated rings. The number of likely N-dealkylation sites (tertiary alicyclic amines) is 1. The Morgan fingerprint density at radius 3 is 2.29 bits per heavy atom. The second-order valence-corrected chi connectivity index (χ2v) is 5.71. The standard InChI is InChI=1S/C15H20F3NO2/c1-14(20)6-8-19(9-7-14)10-11-21-13-4-2-12(3-5-13)15(16,17)18/h2-5,20H,6-11H2,1H3. The van der Waals surface area contributed by atoms with Crippen LogP contribution < -0.4 is 4.74 Å². The maximum atomic E-state index is 12.4. The van der Waals surface area contributed by atoms with Gasteiger partial charge in [-0.1, -0.05) is 0 Å². The SMILES string of the molecule is CC1(O)CCN(CCOc2ccc(C(F)(F)F)cc2)CC1. The molecule has 1 aliphatic rings. The summed E-state index contributed by atoms with van der Waals surface area (Å²) in [5.74, 6) is 0.437. The fourth-order valence-electron chi connectivity index (χ4n) is 2.29. The van der Waals surface area contributed by atoms with Gasteiger partial charge in [-0.3, -0.25) is 4.90 Å². The smallest absolute Gasteiger partial charge is 0.416 e. The van der Waals surface area contributed by atoms with Crippen LogP contribution in [0.3, 0.4) is 0 Å². The summed E-state index contributed by atoms with van der Waals surface area (Å²) in [6, 6.07) is 4.72. The number of piperidine rings is 1. The van der Waals surface area contributed by atoms with Crippen molar-refractivity contribution >= 4 is 0 Å². The Morgan fingerprint density at radius 1 is 1.19 bits per heavy atom. The summed E-state index contributed by atoms with van der Waals surface area (Å²) >= 11 is 0. The van der Waals surface area contributed by atoms with Gasteiger partial charge < -0.3 is 9.84 Å². The lowest BCUT2D eigenvalue weighted by Crippen LogP contribution is -2.43. The van der Waals surface area contributed by atoms with Crippen LogP contribution in [0.4, 0.5) is 13.2 Å². The number of hydrogen-bond acceptors (Lipinski definition) is 3. The van der Waals surface area contributed by atoms with Crippen molar-refractivity contribution in [2.24, 2.45) is 0 Å². The summed E-state index contributed by atoms with van der Waals surface area (Å²) in [6.45, 7) is 4.58. The van der Waals surface area contributed by atoms with Gasteiger partial charge in [0.1, 0.15) is 12.4 Å². The monoisotopic (exact) mass is 303 g/mol. The van der Waals surface area contributed by atoms with E-state index in [4.69, 9.17) is 4.74 Å². The molecule has 0 aromatic heterocycles. The Morgan fingerprint density at radius 2 is 1.76 bits per heavy atom. The number of ether oxygens (including phenoxy) is 1. The summed E-state index contributed by atoms with van der Waals surface area (Å²) in [5, 5.41) is 9.84. The predicted octanol–water partition coefficient (Wildman–Crippen LogP) is 2.93. The third kappa shape index (κ3) is 4.89. The highest BCUT2D eigenvalue weighted by Gasteiger charge is 2.30. The molecule has 1 aromatic rings. The van der Waals surface area contributed by atoms with Crippen molar-refractivity contribution in [1.29, 1.82) is 0 Å². The van der Waals surface area contributed by atoms with Crippen molar-refractivity contribution < 1.29 is 23.0 Å². The third-order valence-electron chi connectivity index (χ3n) is 3.79. The highest BCUT2D eigenvalue weighted by molar-refractivity contribution is 5.28. The Bertz CT molecular complexity index is 447. The average molecular weight is 303 g/mol. The molecule has 1 N–H and O–H groups in total. The van der Waals surface area contributed by atoms with Crippen molar-refractivity contribution in [2.45, 2.75) is 31.5 Å².